The molecule has 1 atom stereocenters. The van der Waals surface area contributed by atoms with Crippen LogP contribution in [0.1, 0.15) is 35.6 Å². The van der Waals surface area contributed by atoms with Gasteiger partial charge in [-0.25, -0.2) is 4.79 Å². The molecule has 94 valence electrons. The third kappa shape index (κ3) is 3.30. The van der Waals surface area contributed by atoms with E-state index in [-0.39, 0.29) is 12.0 Å². The van der Waals surface area contributed by atoms with E-state index in [0.29, 0.717) is 12.6 Å². The summed E-state index contributed by atoms with van der Waals surface area (Å²) in [6.07, 6.45) is 2.31. The second-order valence-electron chi connectivity index (χ2n) is 4.18. The van der Waals surface area contributed by atoms with Gasteiger partial charge in [-0.05, 0) is 48.7 Å². The van der Waals surface area contributed by atoms with E-state index in [1.807, 2.05) is 19.9 Å². The standard InChI is InChI=1S/C12H16BrNO2S/c1-3-16-12(15)11(14-8-4-5-8)10-6-9(13)7(2)17-10/h6,8,11,14H,3-5H2,1-2H3. The highest BCUT2D eigenvalue weighted by molar-refractivity contribution is 9.10. The van der Waals surface area contributed by atoms with Crippen LogP contribution in [-0.2, 0) is 9.53 Å². The highest BCUT2D eigenvalue weighted by atomic mass is 79.9. The number of halogens is 1. The predicted molar refractivity (Wildman–Crippen MR) is 72.3 cm³/mol. The van der Waals surface area contributed by atoms with Crippen LogP contribution in [0.5, 0.6) is 0 Å². The lowest BCUT2D eigenvalue weighted by atomic mass is 10.2. The number of esters is 1. The van der Waals surface area contributed by atoms with Crippen molar-refractivity contribution in [2.45, 2.75) is 38.8 Å². The Kier molecular flexibility index (Phi) is 4.22. The van der Waals surface area contributed by atoms with Gasteiger partial charge in [0.1, 0.15) is 6.04 Å². The molecule has 1 aromatic heterocycles. The minimum absolute atomic E-state index is 0.173. The van der Waals surface area contributed by atoms with Crippen molar-refractivity contribution < 1.29 is 9.53 Å². The molecule has 1 unspecified atom stereocenters. The number of hydrogen-bond acceptors (Lipinski definition) is 4. The summed E-state index contributed by atoms with van der Waals surface area (Å²) in [6, 6.07) is 2.18. The Morgan fingerprint density at radius 3 is 2.88 bits per heavy atom. The Bertz CT molecular complexity index is 395. The van der Waals surface area contributed by atoms with Crippen molar-refractivity contribution in [1.82, 2.24) is 5.32 Å². The number of ether oxygens (including phenoxy) is 1. The Hall–Kier alpha value is -0.390. The number of rotatable bonds is 5. The molecule has 17 heavy (non-hydrogen) atoms. The number of carbonyl (C=O) groups is 1. The van der Waals surface area contributed by atoms with Crippen LogP contribution in [0.25, 0.3) is 0 Å². The van der Waals surface area contributed by atoms with Crippen molar-refractivity contribution in [3.05, 3.63) is 20.3 Å². The molecule has 0 radical (unpaired) electrons. The van der Waals surface area contributed by atoms with Gasteiger partial charge < -0.3 is 4.74 Å². The molecule has 2 rings (SSSR count). The maximum absolute atomic E-state index is 11.9. The predicted octanol–water partition coefficient (Wildman–Crippen LogP) is 3.18. The fourth-order valence-electron chi connectivity index (χ4n) is 1.60. The van der Waals surface area contributed by atoms with Crippen LogP contribution in [0, 0.1) is 6.92 Å². The van der Waals surface area contributed by atoms with Crippen molar-refractivity contribution in [3.8, 4) is 0 Å². The van der Waals surface area contributed by atoms with Crippen molar-refractivity contribution >= 4 is 33.2 Å². The first-order valence-electron chi connectivity index (χ1n) is 5.80. The monoisotopic (exact) mass is 317 g/mol. The summed E-state index contributed by atoms with van der Waals surface area (Å²) in [7, 11) is 0. The molecule has 1 N–H and O–H groups in total. The first kappa shape index (κ1) is 13.1. The summed E-state index contributed by atoms with van der Waals surface area (Å²) in [4.78, 5) is 14.1. The second-order valence-corrected chi connectivity index (χ2v) is 6.32. The average molecular weight is 318 g/mol. The van der Waals surface area contributed by atoms with Crippen molar-refractivity contribution in [1.29, 1.82) is 0 Å². The fraction of sp³-hybridized carbons (Fsp3) is 0.583. The Balaban J connectivity index is 2.15. The molecule has 5 heteroatoms. The molecule has 1 heterocycles. The van der Waals surface area contributed by atoms with E-state index in [0.717, 1.165) is 22.2 Å². The van der Waals surface area contributed by atoms with Crippen molar-refractivity contribution in [3.63, 3.8) is 0 Å². The maximum Gasteiger partial charge on any atom is 0.328 e. The summed E-state index contributed by atoms with van der Waals surface area (Å²) in [5.41, 5.74) is 0. The van der Waals surface area contributed by atoms with Gasteiger partial charge in [0.15, 0.2) is 0 Å². The van der Waals surface area contributed by atoms with E-state index >= 15 is 0 Å². The molecule has 0 saturated heterocycles. The smallest absolute Gasteiger partial charge is 0.328 e. The van der Waals surface area contributed by atoms with E-state index in [1.54, 1.807) is 11.3 Å². The van der Waals surface area contributed by atoms with Crippen LogP contribution in [0.2, 0.25) is 0 Å². The summed E-state index contributed by atoms with van der Waals surface area (Å²) in [5.74, 6) is -0.173. The third-order valence-corrected chi connectivity index (χ3v) is 4.86. The summed E-state index contributed by atoms with van der Waals surface area (Å²) in [5, 5.41) is 3.35. The number of thiophene rings is 1. The maximum atomic E-state index is 11.9. The summed E-state index contributed by atoms with van der Waals surface area (Å²) in [6.45, 7) is 4.30. The molecule has 1 aliphatic rings. The Morgan fingerprint density at radius 2 is 2.41 bits per heavy atom. The molecule has 0 aromatic carbocycles. The molecular formula is C12H16BrNO2S. The van der Waals surface area contributed by atoms with Crippen molar-refractivity contribution in [2.24, 2.45) is 0 Å². The Morgan fingerprint density at radius 1 is 1.71 bits per heavy atom. The zero-order valence-electron chi connectivity index (χ0n) is 9.96. The molecule has 0 aliphatic heterocycles. The molecule has 1 aromatic rings. The van der Waals surface area contributed by atoms with Gasteiger partial charge >= 0.3 is 5.97 Å². The molecule has 0 amide bonds. The fourth-order valence-corrected chi connectivity index (χ4v) is 3.21. The van der Waals surface area contributed by atoms with Gasteiger partial charge in [0.25, 0.3) is 0 Å². The molecule has 1 saturated carbocycles. The third-order valence-electron chi connectivity index (χ3n) is 2.66. The minimum Gasteiger partial charge on any atom is -0.465 e. The van der Waals surface area contributed by atoms with E-state index in [9.17, 15) is 4.79 Å². The number of carbonyl (C=O) groups excluding carboxylic acids is 1. The topological polar surface area (TPSA) is 38.3 Å². The molecule has 1 aliphatic carbocycles. The highest BCUT2D eigenvalue weighted by Crippen LogP contribution is 2.33. The highest BCUT2D eigenvalue weighted by Gasteiger charge is 2.31. The molecular weight excluding hydrogens is 302 g/mol. The average Bonchev–Trinajstić information content (AvgIpc) is 3.03. The van der Waals surface area contributed by atoms with Gasteiger partial charge in [0, 0.05) is 20.3 Å². The number of nitrogens with one attached hydrogen (secondary N) is 1. The lowest BCUT2D eigenvalue weighted by molar-refractivity contribution is -0.145. The van der Waals surface area contributed by atoms with Crippen LogP contribution in [0.3, 0.4) is 0 Å². The van der Waals surface area contributed by atoms with Gasteiger partial charge in [-0.2, -0.15) is 0 Å². The van der Waals surface area contributed by atoms with E-state index in [4.69, 9.17) is 4.74 Å². The van der Waals surface area contributed by atoms with E-state index in [2.05, 4.69) is 21.2 Å². The normalized spacial score (nSPS) is 16.9. The zero-order valence-corrected chi connectivity index (χ0v) is 12.4. The zero-order chi connectivity index (χ0) is 12.4. The molecule has 3 nitrogen and oxygen atoms in total. The largest absolute Gasteiger partial charge is 0.465 e. The van der Waals surface area contributed by atoms with Gasteiger partial charge in [-0.15, -0.1) is 11.3 Å². The van der Waals surface area contributed by atoms with Gasteiger partial charge in [-0.1, -0.05) is 0 Å². The van der Waals surface area contributed by atoms with Crippen LogP contribution in [0.15, 0.2) is 10.5 Å². The number of hydrogen-bond donors (Lipinski definition) is 1. The van der Waals surface area contributed by atoms with Crippen LogP contribution in [0.4, 0.5) is 0 Å². The minimum atomic E-state index is -0.308. The first-order chi connectivity index (χ1) is 8.11. The SMILES string of the molecule is CCOC(=O)C(NC1CC1)c1cc(Br)c(C)s1. The van der Waals surface area contributed by atoms with E-state index < -0.39 is 0 Å². The lowest BCUT2D eigenvalue weighted by Crippen LogP contribution is -2.31. The first-order valence-corrected chi connectivity index (χ1v) is 7.41. The molecule has 0 spiro atoms. The van der Waals surface area contributed by atoms with Crippen molar-refractivity contribution in [2.75, 3.05) is 6.61 Å². The van der Waals surface area contributed by atoms with Crippen LogP contribution in [-0.4, -0.2) is 18.6 Å². The Labute approximate surface area is 114 Å². The van der Waals surface area contributed by atoms with Gasteiger partial charge in [-0.3, -0.25) is 5.32 Å². The van der Waals surface area contributed by atoms with E-state index in [1.165, 1.54) is 4.88 Å². The van der Waals surface area contributed by atoms with Crippen LogP contribution >= 0.6 is 27.3 Å². The second kappa shape index (κ2) is 5.50. The molecule has 0 bridgehead atoms. The lowest BCUT2D eigenvalue weighted by Gasteiger charge is -2.15. The molecule has 1 fully saturated rings. The quantitative estimate of drug-likeness (QED) is 0.848. The number of aryl methyl sites for hydroxylation is 1. The van der Waals surface area contributed by atoms with Gasteiger partial charge in [0.2, 0.25) is 0 Å². The van der Waals surface area contributed by atoms with Crippen LogP contribution < -0.4 is 5.32 Å². The van der Waals surface area contributed by atoms with Gasteiger partial charge in [0.05, 0.1) is 6.61 Å². The summed E-state index contributed by atoms with van der Waals surface area (Å²) >= 11 is 5.12. The summed E-state index contributed by atoms with van der Waals surface area (Å²) < 4.78 is 6.19.